The Morgan fingerprint density at radius 2 is 0.493 bits per heavy atom. The lowest BCUT2D eigenvalue weighted by molar-refractivity contribution is -0.167. The topological polar surface area (TPSA) is 78.9 Å². The van der Waals surface area contributed by atoms with E-state index < -0.39 is 6.10 Å². The highest BCUT2D eigenvalue weighted by Gasteiger charge is 2.19. The Morgan fingerprint density at radius 1 is 0.284 bits per heavy atom. The van der Waals surface area contributed by atoms with Crippen molar-refractivity contribution in [3.8, 4) is 0 Å². The predicted molar refractivity (Wildman–Crippen MR) is 289 cm³/mol. The molecule has 0 aliphatic rings. The minimum Gasteiger partial charge on any atom is -0.462 e. The van der Waals surface area contributed by atoms with Gasteiger partial charge in [0.25, 0.3) is 0 Å². The lowest BCUT2D eigenvalue weighted by Crippen LogP contribution is -2.30. The van der Waals surface area contributed by atoms with Crippen molar-refractivity contribution in [3.05, 3.63) is 12.2 Å². The van der Waals surface area contributed by atoms with Crippen LogP contribution in [0.4, 0.5) is 0 Å². The summed E-state index contributed by atoms with van der Waals surface area (Å²) in [4.78, 5) is 38.1. The summed E-state index contributed by atoms with van der Waals surface area (Å²) in [6, 6.07) is 0. The summed E-state index contributed by atoms with van der Waals surface area (Å²) < 4.78 is 16.9. The molecule has 0 bridgehead atoms. The minimum atomic E-state index is -0.768. The molecule has 67 heavy (non-hydrogen) atoms. The van der Waals surface area contributed by atoms with Crippen LogP contribution in [-0.2, 0) is 28.6 Å². The molecule has 0 rings (SSSR count). The van der Waals surface area contributed by atoms with Gasteiger partial charge in [0, 0.05) is 19.3 Å². The van der Waals surface area contributed by atoms with Crippen LogP contribution in [0.5, 0.6) is 0 Å². The summed E-state index contributed by atoms with van der Waals surface area (Å²) >= 11 is 0. The molecule has 0 fully saturated rings. The fraction of sp³-hybridized carbons (Fsp3) is 0.918. The molecule has 1 unspecified atom stereocenters. The summed E-state index contributed by atoms with van der Waals surface area (Å²) in [5.74, 6) is -0.854. The van der Waals surface area contributed by atoms with E-state index in [4.69, 9.17) is 14.2 Å². The van der Waals surface area contributed by atoms with E-state index in [1.165, 1.54) is 238 Å². The van der Waals surface area contributed by atoms with E-state index in [0.29, 0.717) is 19.3 Å². The van der Waals surface area contributed by atoms with Crippen molar-refractivity contribution in [1.82, 2.24) is 0 Å². The summed E-state index contributed by atoms with van der Waals surface area (Å²) in [7, 11) is 0. The van der Waals surface area contributed by atoms with Gasteiger partial charge in [0.2, 0.25) is 0 Å². The third-order valence-electron chi connectivity index (χ3n) is 13.8. The first kappa shape index (κ1) is 65.1. The average Bonchev–Trinajstić information content (AvgIpc) is 3.33. The molecule has 0 aromatic rings. The highest BCUT2D eigenvalue weighted by Crippen LogP contribution is 2.18. The highest BCUT2D eigenvalue weighted by molar-refractivity contribution is 5.71. The van der Waals surface area contributed by atoms with E-state index in [1.54, 1.807) is 0 Å². The lowest BCUT2D eigenvalue weighted by Gasteiger charge is -2.18. The molecular weight excluding hydrogens is 829 g/mol. The normalized spacial score (nSPS) is 12.0. The van der Waals surface area contributed by atoms with E-state index in [1.807, 2.05) is 0 Å². The monoisotopic (exact) mass is 945 g/mol. The van der Waals surface area contributed by atoms with Crippen LogP contribution < -0.4 is 0 Å². The van der Waals surface area contributed by atoms with E-state index >= 15 is 0 Å². The first-order valence-corrected chi connectivity index (χ1v) is 30.2. The smallest absolute Gasteiger partial charge is 0.306 e. The Morgan fingerprint density at radius 3 is 0.761 bits per heavy atom. The quantitative estimate of drug-likeness (QED) is 0.0262. The Hall–Kier alpha value is -1.85. The van der Waals surface area contributed by atoms with Gasteiger partial charge in [-0.3, -0.25) is 14.4 Å². The highest BCUT2D eigenvalue weighted by atomic mass is 16.6. The van der Waals surface area contributed by atoms with Crippen molar-refractivity contribution < 1.29 is 28.6 Å². The molecular formula is C61H116O6. The standard InChI is InChI=1S/C61H116O6/c1-4-7-10-13-16-19-22-24-25-26-27-28-29-30-31-32-33-34-35-37-39-42-45-48-51-54-60(63)66-57-58(56-65-59(62)53-50-47-44-41-38-21-18-15-12-9-6-3)67-61(64)55-52-49-46-43-40-36-23-20-17-14-11-8-5-2/h20,23,58H,4-19,21-22,24-57H2,1-3H3/b23-20-. The molecule has 396 valence electrons. The van der Waals surface area contributed by atoms with Crippen molar-refractivity contribution >= 4 is 17.9 Å². The van der Waals surface area contributed by atoms with Crippen LogP contribution in [0.1, 0.15) is 342 Å². The third-order valence-corrected chi connectivity index (χ3v) is 13.8. The molecule has 0 aliphatic heterocycles. The second-order valence-electron chi connectivity index (χ2n) is 20.6. The number of hydrogen-bond acceptors (Lipinski definition) is 6. The number of rotatable bonds is 56. The Kier molecular flexibility index (Phi) is 55.2. The van der Waals surface area contributed by atoms with Gasteiger partial charge in [-0.15, -0.1) is 0 Å². The second-order valence-corrected chi connectivity index (χ2v) is 20.6. The molecule has 0 aromatic carbocycles. The van der Waals surface area contributed by atoms with Crippen molar-refractivity contribution in [1.29, 1.82) is 0 Å². The van der Waals surface area contributed by atoms with Crippen molar-refractivity contribution in [3.63, 3.8) is 0 Å². The zero-order valence-electron chi connectivity index (χ0n) is 45.5. The van der Waals surface area contributed by atoms with Gasteiger partial charge in [0.05, 0.1) is 0 Å². The summed E-state index contributed by atoms with van der Waals surface area (Å²) in [5.41, 5.74) is 0. The van der Waals surface area contributed by atoms with Crippen LogP contribution in [0, 0.1) is 0 Å². The van der Waals surface area contributed by atoms with Crippen molar-refractivity contribution in [2.24, 2.45) is 0 Å². The van der Waals surface area contributed by atoms with E-state index in [9.17, 15) is 14.4 Å². The predicted octanol–water partition coefficient (Wildman–Crippen LogP) is 20.1. The molecule has 0 amide bonds. The molecule has 0 aromatic heterocycles. The van der Waals surface area contributed by atoms with Crippen molar-refractivity contribution in [2.45, 2.75) is 348 Å². The van der Waals surface area contributed by atoms with Gasteiger partial charge in [-0.25, -0.2) is 0 Å². The molecule has 0 spiro atoms. The van der Waals surface area contributed by atoms with Gasteiger partial charge in [0.15, 0.2) is 6.10 Å². The van der Waals surface area contributed by atoms with E-state index in [2.05, 4.69) is 32.9 Å². The largest absolute Gasteiger partial charge is 0.462 e. The van der Waals surface area contributed by atoms with Crippen LogP contribution in [0.2, 0.25) is 0 Å². The molecule has 1 atom stereocenters. The first-order chi connectivity index (χ1) is 33.0. The molecule has 0 saturated carbocycles. The maximum atomic E-state index is 12.8. The second kappa shape index (κ2) is 56.7. The molecule has 0 radical (unpaired) electrons. The molecule has 0 heterocycles. The lowest BCUT2D eigenvalue weighted by atomic mass is 10.0. The number of carbonyl (C=O) groups is 3. The Labute approximate surface area is 418 Å². The van der Waals surface area contributed by atoms with Gasteiger partial charge in [-0.2, -0.15) is 0 Å². The van der Waals surface area contributed by atoms with Crippen LogP contribution in [0.15, 0.2) is 12.2 Å². The number of allylic oxidation sites excluding steroid dienone is 2. The number of hydrogen-bond donors (Lipinski definition) is 0. The molecule has 0 N–H and O–H groups in total. The summed E-state index contributed by atoms with van der Waals surface area (Å²) in [6.45, 7) is 6.67. The van der Waals surface area contributed by atoms with E-state index in [0.717, 1.165) is 64.2 Å². The number of unbranched alkanes of at least 4 members (excludes halogenated alkanes) is 43. The molecule has 6 nitrogen and oxygen atoms in total. The summed E-state index contributed by atoms with van der Waals surface area (Å²) in [5, 5.41) is 0. The Bertz CT molecular complexity index is 1040. The SMILES string of the molecule is CCCCCC/C=C\CCCCCCCC(=O)OC(COC(=O)CCCCCCCCCCCCC)COC(=O)CCCCCCCCCCCCCCCCCCCCCCCCCCC. The van der Waals surface area contributed by atoms with Crippen molar-refractivity contribution in [2.75, 3.05) is 13.2 Å². The maximum Gasteiger partial charge on any atom is 0.306 e. The fourth-order valence-corrected chi connectivity index (χ4v) is 9.21. The zero-order chi connectivity index (χ0) is 48.6. The van der Waals surface area contributed by atoms with Gasteiger partial charge in [-0.05, 0) is 44.9 Å². The van der Waals surface area contributed by atoms with Crippen LogP contribution in [0.3, 0.4) is 0 Å². The minimum absolute atomic E-state index is 0.0676. The fourth-order valence-electron chi connectivity index (χ4n) is 9.21. The van der Waals surface area contributed by atoms with Gasteiger partial charge in [-0.1, -0.05) is 290 Å². The maximum absolute atomic E-state index is 12.8. The number of carbonyl (C=O) groups excluding carboxylic acids is 3. The zero-order valence-corrected chi connectivity index (χ0v) is 45.5. The molecule has 6 heteroatoms. The van der Waals surface area contributed by atoms with Crippen LogP contribution in [-0.4, -0.2) is 37.2 Å². The third kappa shape index (κ3) is 55.0. The summed E-state index contributed by atoms with van der Waals surface area (Å²) in [6.07, 6.45) is 65.1. The van der Waals surface area contributed by atoms with Crippen LogP contribution >= 0.6 is 0 Å². The van der Waals surface area contributed by atoms with Gasteiger partial charge in [0.1, 0.15) is 13.2 Å². The number of ether oxygens (including phenoxy) is 3. The molecule has 0 aliphatic carbocycles. The van der Waals surface area contributed by atoms with E-state index in [-0.39, 0.29) is 31.1 Å². The van der Waals surface area contributed by atoms with Gasteiger partial charge < -0.3 is 14.2 Å². The number of esters is 3. The molecule has 0 saturated heterocycles. The average molecular weight is 946 g/mol. The van der Waals surface area contributed by atoms with Crippen LogP contribution in [0.25, 0.3) is 0 Å². The van der Waals surface area contributed by atoms with Gasteiger partial charge >= 0.3 is 17.9 Å². The first-order valence-electron chi connectivity index (χ1n) is 30.2. The Balaban J connectivity index is 4.14.